The van der Waals surface area contributed by atoms with Crippen LogP contribution in [0.1, 0.15) is 21.0 Å². The van der Waals surface area contributed by atoms with Gasteiger partial charge < -0.3 is 9.72 Å². The van der Waals surface area contributed by atoms with Crippen LogP contribution in [0.25, 0.3) is 11.0 Å². The second-order valence-corrected chi connectivity index (χ2v) is 9.66. The zero-order valence-electron chi connectivity index (χ0n) is 17.5. The highest BCUT2D eigenvalue weighted by Gasteiger charge is 2.10. The van der Waals surface area contributed by atoms with Crippen LogP contribution in [-0.2, 0) is 12.3 Å². The van der Waals surface area contributed by atoms with E-state index in [1.165, 1.54) is 9.75 Å². The van der Waals surface area contributed by atoms with Crippen LogP contribution in [-0.4, -0.2) is 40.1 Å². The summed E-state index contributed by atoms with van der Waals surface area (Å²) in [5.41, 5.74) is 4.17. The SMILES string of the molecule is Cc1ccc(CN(C)CCOc2ccnc(CSc3nc4ccccc4[nH]3)c2C)s1. The van der Waals surface area contributed by atoms with E-state index in [0.29, 0.717) is 6.61 Å². The summed E-state index contributed by atoms with van der Waals surface area (Å²) in [6.07, 6.45) is 1.83. The summed E-state index contributed by atoms with van der Waals surface area (Å²) in [7, 11) is 2.13. The number of nitrogens with one attached hydrogen (secondary N) is 1. The number of ether oxygens (including phenoxy) is 1. The van der Waals surface area contributed by atoms with Crippen molar-refractivity contribution < 1.29 is 4.74 Å². The number of hydrogen-bond donors (Lipinski definition) is 1. The third-order valence-electron chi connectivity index (χ3n) is 4.92. The van der Waals surface area contributed by atoms with Gasteiger partial charge in [0.25, 0.3) is 0 Å². The Morgan fingerprint density at radius 2 is 2.00 bits per heavy atom. The highest BCUT2D eigenvalue weighted by molar-refractivity contribution is 7.98. The Balaban J connectivity index is 1.31. The van der Waals surface area contributed by atoms with Crippen molar-refractivity contribution in [1.82, 2.24) is 19.9 Å². The first kappa shape index (κ1) is 20.9. The molecule has 156 valence electrons. The third kappa shape index (κ3) is 5.22. The molecule has 0 unspecified atom stereocenters. The van der Waals surface area contributed by atoms with Gasteiger partial charge >= 0.3 is 0 Å². The fraction of sp³-hybridized carbons (Fsp3) is 0.304. The van der Waals surface area contributed by atoms with Gasteiger partial charge in [-0.3, -0.25) is 9.88 Å². The number of aromatic nitrogens is 3. The summed E-state index contributed by atoms with van der Waals surface area (Å²) < 4.78 is 6.08. The second-order valence-electron chi connectivity index (χ2n) is 7.33. The normalized spacial score (nSPS) is 11.5. The number of imidazole rings is 1. The predicted octanol–water partition coefficient (Wildman–Crippen LogP) is 5.44. The number of thiophene rings is 1. The molecule has 4 aromatic rings. The first-order chi connectivity index (χ1) is 14.6. The summed E-state index contributed by atoms with van der Waals surface area (Å²) in [4.78, 5) is 17.6. The summed E-state index contributed by atoms with van der Waals surface area (Å²) in [5.74, 6) is 1.66. The molecule has 0 bridgehead atoms. The highest BCUT2D eigenvalue weighted by atomic mass is 32.2. The molecule has 0 aliphatic carbocycles. The number of likely N-dealkylation sites (N-methyl/N-ethyl adjacent to an activating group) is 1. The zero-order valence-corrected chi connectivity index (χ0v) is 19.1. The van der Waals surface area contributed by atoms with Crippen molar-refractivity contribution in [3.8, 4) is 5.75 Å². The molecule has 3 heterocycles. The lowest BCUT2D eigenvalue weighted by Crippen LogP contribution is -2.23. The fourth-order valence-corrected chi connectivity index (χ4v) is 5.10. The number of thioether (sulfide) groups is 1. The lowest BCUT2D eigenvalue weighted by Gasteiger charge is -2.17. The molecule has 0 amide bonds. The van der Waals surface area contributed by atoms with E-state index in [4.69, 9.17) is 4.74 Å². The van der Waals surface area contributed by atoms with Crippen LogP contribution in [0, 0.1) is 13.8 Å². The van der Waals surface area contributed by atoms with E-state index in [1.807, 2.05) is 47.9 Å². The van der Waals surface area contributed by atoms with Gasteiger partial charge in [0, 0.05) is 40.4 Å². The molecular formula is C23H26N4OS2. The molecule has 0 saturated heterocycles. The number of aryl methyl sites for hydroxylation is 1. The van der Waals surface area contributed by atoms with Gasteiger partial charge in [0.1, 0.15) is 12.4 Å². The maximum Gasteiger partial charge on any atom is 0.166 e. The Bertz CT molecular complexity index is 1090. The maximum absolute atomic E-state index is 6.08. The van der Waals surface area contributed by atoms with Crippen molar-refractivity contribution in [1.29, 1.82) is 0 Å². The molecule has 0 radical (unpaired) electrons. The van der Waals surface area contributed by atoms with E-state index in [9.17, 15) is 0 Å². The van der Waals surface area contributed by atoms with Gasteiger partial charge in [0.2, 0.25) is 0 Å². The van der Waals surface area contributed by atoms with Crippen LogP contribution in [0.4, 0.5) is 0 Å². The van der Waals surface area contributed by atoms with Crippen LogP contribution in [0.5, 0.6) is 5.75 Å². The van der Waals surface area contributed by atoms with Crippen molar-refractivity contribution >= 4 is 34.1 Å². The molecule has 1 N–H and O–H groups in total. The molecular weight excluding hydrogens is 412 g/mol. The van der Waals surface area contributed by atoms with E-state index >= 15 is 0 Å². The number of aromatic amines is 1. The number of nitrogens with zero attached hydrogens (tertiary/aromatic N) is 3. The Hall–Kier alpha value is -2.35. The first-order valence-corrected chi connectivity index (χ1v) is 11.8. The van der Waals surface area contributed by atoms with E-state index in [0.717, 1.165) is 52.0 Å². The zero-order chi connectivity index (χ0) is 20.9. The predicted molar refractivity (Wildman–Crippen MR) is 126 cm³/mol. The molecule has 0 atom stereocenters. The quantitative estimate of drug-likeness (QED) is 0.353. The minimum Gasteiger partial charge on any atom is -0.492 e. The highest BCUT2D eigenvalue weighted by Crippen LogP contribution is 2.27. The molecule has 0 spiro atoms. The number of benzene rings is 1. The molecule has 4 rings (SSSR count). The average molecular weight is 439 g/mol. The van der Waals surface area contributed by atoms with Gasteiger partial charge in [0.05, 0.1) is 16.7 Å². The van der Waals surface area contributed by atoms with Gasteiger partial charge in [-0.25, -0.2) is 4.98 Å². The van der Waals surface area contributed by atoms with Crippen molar-refractivity contribution in [2.45, 2.75) is 31.3 Å². The molecule has 0 saturated carbocycles. The summed E-state index contributed by atoms with van der Waals surface area (Å²) in [5, 5.41) is 0.911. The monoisotopic (exact) mass is 438 g/mol. The van der Waals surface area contributed by atoms with Crippen LogP contribution >= 0.6 is 23.1 Å². The second kappa shape index (κ2) is 9.64. The lowest BCUT2D eigenvalue weighted by atomic mass is 10.2. The molecule has 5 nitrogen and oxygen atoms in total. The van der Waals surface area contributed by atoms with Crippen LogP contribution in [0.2, 0.25) is 0 Å². The number of hydrogen-bond acceptors (Lipinski definition) is 6. The number of para-hydroxylation sites is 2. The van der Waals surface area contributed by atoms with Crippen molar-refractivity contribution in [2.75, 3.05) is 20.2 Å². The van der Waals surface area contributed by atoms with Crippen LogP contribution < -0.4 is 4.74 Å². The van der Waals surface area contributed by atoms with Gasteiger partial charge in [-0.05, 0) is 51.2 Å². The Kier molecular flexibility index (Phi) is 6.72. The molecule has 30 heavy (non-hydrogen) atoms. The summed E-state index contributed by atoms with van der Waals surface area (Å²) in [6, 6.07) is 14.4. The summed E-state index contributed by atoms with van der Waals surface area (Å²) in [6.45, 7) is 6.71. The number of pyridine rings is 1. The molecule has 0 aliphatic heterocycles. The molecule has 1 aromatic carbocycles. The molecule has 0 fully saturated rings. The topological polar surface area (TPSA) is 54.0 Å². The minimum absolute atomic E-state index is 0.655. The van der Waals surface area contributed by atoms with Crippen LogP contribution in [0.3, 0.4) is 0 Å². The van der Waals surface area contributed by atoms with Gasteiger partial charge in [-0.15, -0.1) is 11.3 Å². The number of H-pyrrole nitrogens is 1. The van der Waals surface area contributed by atoms with Crippen LogP contribution in [0.15, 0.2) is 53.8 Å². The van der Waals surface area contributed by atoms with E-state index < -0.39 is 0 Å². The van der Waals surface area contributed by atoms with Gasteiger partial charge in [-0.2, -0.15) is 0 Å². The number of rotatable bonds is 9. The molecule has 7 heteroatoms. The standard InChI is InChI=1S/C23H26N4OS2/c1-16-8-9-18(30-16)14-27(3)12-13-28-22-10-11-24-21(17(22)2)15-29-23-25-19-6-4-5-7-20(19)26-23/h4-11H,12-15H2,1-3H3,(H,25,26). The minimum atomic E-state index is 0.655. The Labute approximate surface area is 185 Å². The Morgan fingerprint density at radius 1 is 1.13 bits per heavy atom. The van der Waals surface area contributed by atoms with Gasteiger partial charge in [-0.1, -0.05) is 23.9 Å². The van der Waals surface area contributed by atoms with Crippen molar-refractivity contribution in [3.63, 3.8) is 0 Å². The number of fused-ring (bicyclic) bond motifs is 1. The summed E-state index contributed by atoms with van der Waals surface area (Å²) >= 11 is 3.52. The van der Waals surface area contributed by atoms with E-state index in [1.54, 1.807) is 11.8 Å². The van der Waals surface area contributed by atoms with Crippen molar-refractivity contribution in [2.24, 2.45) is 0 Å². The van der Waals surface area contributed by atoms with E-state index in [2.05, 4.69) is 52.9 Å². The fourth-order valence-electron chi connectivity index (χ4n) is 3.22. The maximum atomic E-state index is 6.08. The Morgan fingerprint density at radius 3 is 2.80 bits per heavy atom. The third-order valence-corrected chi connectivity index (χ3v) is 6.79. The lowest BCUT2D eigenvalue weighted by molar-refractivity contribution is 0.233. The smallest absolute Gasteiger partial charge is 0.166 e. The van der Waals surface area contributed by atoms with Gasteiger partial charge in [0.15, 0.2) is 5.16 Å². The van der Waals surface area contributed by atoms with E-state index in [-0.39, 0.29) is 0 Å². The molecule has 0 aliphatic rings. The molecule has 3 aromatic heterocycles. The average Bonchev–Trinajstić information content (AvgIpc) is 3.33. The first-order valence-electron chi connectivity index (χ1n) is 9.97. The largest absolute Gasteiger partial charge is 0.492 e. The van der Waals surface area contributed by atoms with Crippen molar-refractivity contribution in [3.05, 3.63) is 69.7 Å².